The number of benzene rings is 1. The highest BCUT2D eigenvalue weighted by Crippen LogP contribution is 2.29. The van der Waals surface area contributed by atoms with Gasteiger partial charge in [0.05, 0.1) is 0 Å². The van der Waals surface area contributed by atoms with Gasteiger partial charge in [-0.15, -0.1) is 0 Å². The van der Waals surface area contributed by atoms with Crippen molar-refractivity contribution < 1.29 is 24.2 Å². The van der Waals surface area contributed by atoms with Crippen molar-refractivity contribution in [3.05, 3.63) is 34.3 Å². The van der Waals surface area contributed by atoms with Gasteiger partial charge in [-0.05, 0) is 58.7 Å². The lowest BCUT2D eigenvalue weighted by molar-refractivity contribution is -0.00540. The number of rotatable bonds is 6. The molecule has 7 heteroatoms. The van der Waals surface area contributed by atoms with E-state index in [9.17, 15) is 9.59 Å². The van der Waals surface area contributed by atoms with Crippen molar-refractivity contribution in [3.63, 3.8) is 0 Å². The number of ether oxygens (including phenoxy) is 2. The van der Waals surface area contributed by atoms with Gasteiger partial charge in [0.15, 0.2) is 0 Å². The second kappa shape index (κ2) is 8.56. The highest BCUT2D eigenvalue weighted by atomic mass is 79.9. The molecule has 0 bridgehead atoms. The molecule has 1 unspecified atom stereocenters. The number of carbonyl (C=O) groups is 2. The topological polar surface area (TPSA) is 84.9 Å². The summed E-state index contributed by atoms with van der Waals surface area (Å²) in [7, 11) is 0. The minimum Gasteiger partial charge on any atom is -0.450 e. The fourth-order valence-corrected chi connectivity index (χ4v) is 2.70. The maximum atomic E-state index is 11.9. The van der Waals surface area contributed by atoms with Crippen molar-refractivity contribution in [2.24, 2.45) is 0 Å². The van der Waals surface area contributed by atoms with Gasteiger partial charge < -0.3 is 19.9 Å². The van der Waals surface area contributed by atoms with Crippen LogP contribution < -0.4 is 5.32 Å². The first-order valence-corrected chi connectivity index (χ1v) is 8.81. The van der Waals surface area contributed by atoms with Gasteiger partial charge in [0.2, 0.25) is 0 Å². The van der Waals surface area contributed by atoms with E-state index >= 15 is 0 Å². The molecule has 0 aliphatic carbocycles. The Bertz CT molecular complexity index is 592. The zero-order valence-corrected chi connectivity index (χ0v) is 16.8. The van der Waals surface area contributed by atoms with E-state index in [0.29, 0.717) is 13.0 Å². The molecule has 1 amide bonds. The molecule has 25 heavy (non-hydrogen) atoms. The predicted molar refractivity (Wildman–Crippen MR) is 98.9 cm³/mol. The number of halogens is 1. The third kappa shape index (κ3) is 8.77. The summed E-state index contributed by atoms with van der Waals surface area (Å²) >= 11 is 3.39. The Morgan fingerprint density at radius 2 is 1.68 bits per heavy atom. The van der Waals surface area contributed by atoms with E-state index in [-0.39, 0.29) is 5.92 Å². The van der Waals surface area contributed by atoms with Crippen molar-refractivity contribution in [3.8, 4) is 0 Å². The lowest BCUT2D eigenvalue weighted by Gasteiger charge is -2.29. The Balaban J connectivity index is 2.86. The number of hydrogen-bond acceptors (Lipinski definition) is 4. The second-order valence-corrected chi connectivity index (χ2v) is 8.38. The minimum atomic E-state index is -1.32. The molecule has 0 fully saturated rings. The Kier molecular flexibility index (Phi) is 7.29. The van der Waals surface area contributed by atoms with Crippen LogP contribution in [0.15, 0.2) is 28.7 Å². The molecule has 0 aliphatic rings. The van der Waals surface area contributed by atoms with Crippen LogP contribution in [0, 0.1) is 0 Å². The van der Waals surface area contributed by atoms with Gasteiger partial charge in [-0.3, -0.25) is 0 Å². The van der Waals surface area contributed by atoms with Gasteiger partial charge in [-0.1, -0.05) is 28.1 Å². The normalized spacial score (nSPS) is 13.0. The van der Waals surface area contributed by atoms with Crippen LogP contribution in [0.25, 0.3) is 0 Å². The highest BCUT2D eigenvalue weighted by molar-refractivity contribution is 9.10. The fraction of sp³-hybridized carbons (Fsp3) is 0.556. The van der Waals surface area contributed by atoms with Crippen molar-refractivity contribution in [1.82, 2.24) is 5.32 Å². The molecule has 0 radical (unpaired) electrons. The molecular formula is C18H26BrNO5. The van der Waals surface area contributed by atoms with Crippen LogP contribution in [-0.4, -0.2) is 35.1 Å². The quantitative estimate of drug-likeness (QED) is 0.643. The first kappa shape index (κ1) is 21.3. The van der Waals surface area contributed by atoms with Crippen LogP contribution >= 0.6 is 15.9 Å². The fourth-order valence-electron chi connectivity index (χ4n) is 2.43. The lowest BCUT2D eigenvalue weighted by atomic mass is 9.87. The van der Waals surface area contributed by atoms with Gasteiger partial charge >= 0.3 is 12.2 Å². The summed E-state index contributed by atoms with van der Waals surface area (Å²) in [6.07, 6.45) is -1.41. The maximum absolute atomic E-state index is 11.9. The first-order chi connectivity index (χ1) is 11.4. The summed E-state index contributed by atoms with van der Waals surface area (Å²) in [5.41, 5.74) is -0.497. The molecule has 0 saturated carbocycles. The summed E-state index contributed by atoms with van der Waals surface area (Å²) in [5.74, 6) is -0.130. The minimum absolute atomic E-state index is 0.130. The average molecular weight is 416 g/mol. The first-order valence-electron chi connectivity index (χ1n) is 8.02. The highest BCUT2D eigenvalue weighted by Gasteiger charge is 2.29. The SMILES string of the molecule is CC(C)(C)OC(=O)NCC(CC(C)(C)OC(=O)O)c1ccc(Br)cc1. The number of nitrogens with one attached hydrogen (secondary N) is 1. The molecule has 0 aliphatic heterocycles. The molecule has 0 saturated heterocycles. The van der Waals surface area contributed by atoms with Gasteiger partial charge in [-0.2, -0.15) is 0 Å². The van der Waals surface area contributed by atoms with Gasteiger partial charge in [-0.25, -0.2) is 9.59 Å². The molecule has 2 N–H and O–H groups in total. The van der Waals surface area contributed by atoms with Crippen LogP contribution in [0.2, 0.25) is 0 Å². The van der Waals surface area contributed by atoms with Crippen molar-refractivity contribution in [2.45, 2.75) is 58.2 Å². The zero-order chi connectivity index (χ0) is 19.3. The molecule has 6 nitrogen and oxygen atoms in total. The monoisotopic (exact) mass is 415 g/mol. The van der Waals surface area contributed by atoms with Crippen molar-refractivity contribution in [1.29, 1.82) is 0 Å². The largest absolute Gasteiger partial charge is 0.506 e. The molecule has 1 atom stereocenters. The Labute approximate surface area is 157 Å². The molecule has 0 aromatic heterocycles. The van der Waals surface area contributed by atoms with Crippen molar-refractivity contribution in [2.75, 3.05) is 6.54 Å². The second-order valence-electron chi connectivity index (χ2n) is 7.46. The molecular weight excluding hydrogens is 390 g/mol. The summed E-state index contributed by atoms with van der Waals surface area (Å²) in [4.78, 5) is 22.8. The summed E-state index contributed by atoms with van der Waals surface area (Å²) in [6, 6.07) is 7.67. The third-order valence-electron chi connectivity index (χ3n) is 3.33. The van der Waals surface area contributed by atoms with E-state index in [1.807, 2.05) is 24.3 Å². The van der Waals surface area contributed by atoms with Gasteiger partial charge in [0.1, 0.15) is 11.2 Å². The van der Waals surface area contributed by atoms with Crippen LogP contribution in [-0.2, 0) is 9.47 Å². The summed E-state index contributed by atoms with van der Waals surface area (Å²) in [6.45, 7) is 9.11. The number of carbonyl (C=O) groups excluding carboxylic acids is 1. The molecule has 1 aromatic carbocycles. The Morgan fingerprint density at radius 1 is 1.12 bits per heavy atom. The zero-order valence-electron chi connectivity index (χ0n) is 15.3. The van der Waals surface area contributed by atoms with Crippen LogP contribution in [0.5, 0.6) is 0 Å². The maximum Gasteiger partial charge on any atom is 0.506 e. The number of carboxylic acid groups (broad SMARTS) is 1. The Morgan fingerprint density at radius 3 is 2.16 bits per heavy atom. The van der Waals surface area contributed by atoms with Crippen LogP contribution in [0.3, 0.4) is 0 Å². The molecule has 0 spiro atoms. The molecule has 1 aromatic rings. The van der Waals surface area contributed by atoms with Crippen molar-refractivity contribution >= 4 is 28.2 Å². The van der Waals surface area contributed by atoms with Crippen LogP contribution in [0.1, 0.15) is 52.5 Å². The van der Waals surface area contributed by atoms with Crippen LogP contribution in [0.4, 0.5) is 9.59 Å². The smallest absolute Gasteiger partial charge is 0.450 e. The Hall–Kier alpha value is -1.76. The van der Waals surface area contributed by atoms with E-state index in [2.05, 4.69) is 21.2 Å². The number of alkyl carbamates (subject to hydrolysis) is 1. The standard InChI is InChI=1S/C18H26BrNO5/c1-17(2,3)24-15(21)20-11-13(10-18(4,5)25-16(22)23)12-6-8-14(19)9-7-12/h6-9,13H,10-11H2,1-5H3,(H,20,21)(H,22,23). The third-order valence-corrected chi connectivity index (χ3v) is 3.86. The summed E-state index contributed by atoms with van der Waals surface area (Å²) < 4.78 is 11.2. The van der Waals surface area contributed by atoms with Gasteiger partial charge in [0, 0.05) is 16.9 Å². The average Bonchev–Trinajstić information content (AvgIpc) is 2.41. The van der Waals surface area contributed by atoms with E-state index in [0.717, 1.165) is 10.0 Å². The summed E-state index contributed by atoms with van der Waals surface area (Å²) in [5, 5.41) is 11.6. The van der Waals surface area contributed by atoms with E-state index in [4.69, 9.17) is 14.6 Å². The van der Waals surface area contributed by atoms with E-state index in [1.165, 1.54) is 0 Å². The van der Waals surface area contributed by atoms with E-state index < -0.39 is 23.5 Å². The predicted octanol–water partition coefficient (Wildman–Crippen LogP) is 4.92. The molecule has 140 valence electrons. The van der Waals surface area contributed by atoms with Gasteiger partial charge in [0.25, 0.3) is 0 Å². The number of hydrogen-bond donors (Lipinski definition) is 2. The lowest BCUT2D eigenvalue weighted by Crippen LogP contribution is -2.37. The van der Waals surface area contributed by atoms with E-state index in [1.54, 1.807) is 34.6 Å². The molecule has 0 heterocycles. The number of amides is 1. The molecule has 1 rings (SSSR count).